The molecule has 1 aromatic carbocycles. The fraction of sp³-hybridized carbons (Fsp3) is 0.300. The molecule has 0 amide bonds. The van der Waals surface area contributed by atoms with Gasteiger partial charge >= 0.3 is 6.18 Å². The maximum absolute atomic E-state index is 11.9. The van der Waals surface area contributed by atoms with E-state index in [1.807, 2.05) is 4.72 Å². The SMILES string of the molecule is O=S(=O)(NCc1nc2ccccc2[nH]1)NCC(F)(F)F. The Morgan fingerprint density at radius 1 is 1.20 bits per heavy atom. The van der Waals surface area contributed by atoms with Crippen LogP contribution in [0.2, 0.25) is 0 Å². The van der Waals surface area contributed by atoms with E-state index in [0.29, 0.717) is 16.9 Å². The second-order valence-corrected chi connectivity index (χ2v) is 5.55. The van der Waals surface area contributed by atoms with Crippen LogP contribution in [-0.2, 0) is 16.8 Å². The van der Waals surface area contributed by atoms with Crippen LogP contribution in [-0.4, -0.2) is 31.1 Å². The van der Waals surface area contributed by atoms with E-state index in [4.69, 9.17) is 0 Å². The number of hydrogen-bond acceptors (Lipinski definition) is 3. The molecule has 2 rings (SSSR count). The van der Waals surface area contributed by atoms with Crippen molar-refractivity contribution in [2.24, 2.45) is 0 Å². The quantitative estimate of drug-likeness (QED) is 0.771. The van der Waals surface area contributed by atoms with Crippen molar-refractivity contribution in [1.29, 1.82) is 0 Å². The van der Waals surface area contributed by atoms with Crippen molar-refractivity contribution in [3.05, 3.63) is 30.1 Å². The molecule has 0 radical (unpaired) electrons. The number of aromatic nitrogens is 2. The number of alkyl halides is 3. The number of fused-ring (bicyclic) bond motifs is 1. The first kappa shape index (κ1) is 14.8. The minimum Gasteiger partial charge on any atom is -0.341 e. The Labute approximate surface area is 112 Å². The second-order valence-electron chi connectivity index (χ2n) is 3.96. The summed E-state index contributed by atoms with van der Waals surface area (Å²) >= 11 is 0. The number of H-pyrrole nitrogens is 1. The molecule has 0 spiro atoms. The van der Waals surface area contributed by atoms with Gasteiger partial charge in [-0.15, -0.1) is 0 Å². The number of imidazole rings is 1. The third-order valence-electron chi connectivity index (χ3n) is 2.33. The lowest BCUT2D eigenvalue weighted by Gasteiger charge is -2.09. The largest absolute Gasteiger partial charge is 0.402 e. The molecule has 20 heavy (non-hydrogen) atoms. The average Bonchev–Trinajstić information content (AvgIpc) is 2.76. The Kier molecular flexibility index (Phi) is 3.97. The molecule has 0 aliphatic heterocycles. The van der Waals surface area contributed by atoms with Gasteiger partial charge in [-0.1, -0.05) is 12.1 Å². The molecule has 0 saturated heterocycles. The van der Waals surface area contributed by atoms with Crippen molar-refractivity contribution >= 4 is 21.2 Å². The summed E-state index contributed by atoms with van der Waals surface area (Å²) in [6.45, 7) is -1.86. The van der Waals surface area contributed by atoms with Gasteiger partial charge in [0.1, 0.15) is 12.4 Å². The highest BCUT2D eigenvalue weighted by Gasteiger charge is 2.29. The van der Waals surface area contributed by atoms with E-state index in [-0.39, 0.29) is 6.54 Å². The fourth-order valence-corrected chi connectivity index (χ4v) is 2.26. The average molecular weight is 308 g/mol. The molecule has 110 valence electrons. The minimum absolute atomic E-state index is 0.234. The number of rotatable bonds is 5. The Bertz CT molecular complexity index is 663. The molecule has 6 nitrogen and oxygen atoms in total. The fourth-order valence-electron chi connectivity index (χ4n) is 1.48. The number of nitrogens with zero attached hydrogens (tertiary/aromatic N) is 1. The summed E-state index contributed by atoms with van der Waals surface area (Å²) in [5, 5.41) is 0. The molecule has 3 N–H and O–H groups in total. The van der Waals surface area contributed by atoms with Gasteiger partial charge < -0.3 is 4.98 Å². The summed E-state index contributed by atoms with van der Waals surface area (Å²) in [6.07, 6.45) is -4.60. The molecule has 0 atom stereocenters. The Balaban J connectivity index is 1.97. The molecule has 1 heterocycles. The molecule has 0 unspecified atom stereocenters. The van der Waals surface area contributed by atoms with Crippen LogP contribution >= 0.6 is 0 Å². The summed E-state index contributed by atoms with van der Waals surface area (Å²) in [4.78, 5) is 6.94. The molecule has 0 fully saturated rings. The Morgan fingerprint density at radius 2 is 1.90 bits per heavy atom. The summed E-state index contributed by atoms with van der Waals surface area (Å²) in [7, 11) is -4.23. The van der Waals surface area contributed by atoms with E-state index in [0.717, 1.165) is 0 Å². The van der Waals surface area contributed by atoms with Gasteiger partial charge in [-0.3, -0.25) is 0 Å². The van der Waals surface area contributed by atoms with Crippen LogP contribution in [0.3, 0.4) is 0 Å². The highest BCUT2D eigenvalue weighted by Crippen LogP contribution is 2.13. The van der Waals surface area contributed by atoms with Crippen LogP contribution in [0.5, 0.6) is 0 Å². The summed E-state index contributed by atoms with van der Waals surface area (Å²) in [5.41, 5.74) is 1.36. The van der Waals surface area contributed by atoms with Gasteiger partial charge in [0.25, 0.3) is 10.2 Å². The van der Waals surface area contributed by atoms with E-state index in [1.54, 1.807) is 24.3 Å². The van der Waals surface area contributed by atoms with Crippen LogP contribution in [0.25, 0.3) is 11.0 Å². The standard InChI is InChI=1S/C10H11F3N4O2S/c11-10(12,13)6-15-20(18,19)14-5-9-16-7-3-1-2-4-8(7)17-9/h1-4,14-15H,5-6H2,(H,16,17). The summed E-state index contributed by atoms with van der Waals surface area (Å²) in [6, 6.07) is 7.02. The van der Waals surface area contributed by atoms with Gasteiger partial charge in [-0.25, -0.2) is 4.98 Å². The number of halogens is 3. The predicted octanol–water partition coefficient (Wildman–Crippen LogP) is 1.05. The summed E-state index contributed by atoms with van der Waals surface area (Å²) in [5.74, 6) is 0.309. The van der Waals surface area contributed by atoms with Crippen LogP contribution in [0, 0.1) is 0 Å². The first-order valence-electron chi connectivity index (χ1n) is 5.50. The van der Waals surface area contributed by atoms with Gasteiger partial charge in [-0.05, 0) is 12.1 Å². The van der Waals surface area contributed by atoms with Crippen molar-refractivity contribution in [2.75, 3.05) is 6.54 Å². The number of aromatic amines is 1. The first-order valence-corrected chi connectivity index (χ1v) is 6.98. The Morgan fingerprint density at radius 3 is 2.55 bits per heavy atom. The van der Waals surface area contributed by atoms with E-state index in [1.165, 1.54) is 4.72 Å². The molecule has 0 saturated carbocycles. The lowest BCUT2D eigenvalue weighted by molar-refractivity contribution is -0.121. The van der Waals surface area contributed by atoms with Crippen molar-refractivity contribution in [1.82, 2.24) is 19.4 Å². The third-order valence-corrected chi connectivity index (χ3v) is 3.38. The van der Waals surface area contributed by atoms with Gasteiger partial charge in [0.15, 0.2) is 0 Å². The molecule has 0 bridgehead atoms. The topological polar surface area (TPSA) is 86.9 Å². The third kappa shape index (κ3) is 4.18. The zero-order chi connectivity index (χ0) is 14.8. The van der Waals surface area contributed by atoms with Gasteiger partial charge in [0.2, 0.25) is 0 Å². The zero-order valence-corrected chi connectivity index (χ0v) is 10.8. The summed E-state index contributed by atoms with van der Waals surface area (Å²) < 4.78 is 61.7. The van der Waals surface area contributed by atoms with Crippen LogP contribution < -0.4 is 9.44 Å². The molecule has 10 heteroatoms. The number of nitrogens with one attached hydrogen (secondary N) is 3. The maximum atomic E-state index is 11.9. The molecule has 0 aliphatic carbocycles. The first-order chi connectivity index (χ1) is 9.25. The monoisotopic (exact) mass is 308 g/mol. The Hall–Kier alpha value is -1.65. The minimum atomic E-state index is -4.60. The highest BCUT2D eigenvalue weighted by molar-refractivity contribution is 7.87. The molecule has 0 aliphatic rings. The van der Waals surface area contributed by atoms with Crippen molar-refractivity contribution in [3.8, 4) is 0 Å². The van der Waals surface area contributed by atoms with Crippen LogP contribution in [0.1, 0.15) is 5.82 Å². The maximum Gasteiger partial charge on any atom is 0.402 e. The van der Waals surface area contributed by atoms with Crippen LogP contribution in [0.4, 0.5) is 13.2 Å². The van der Waals surface area contributed by atoms with Crippen molar-refractivity contribution in [2.45, 2.75) is 12.7 Å². The van der Waals surface area contributed by atoms with E-state index >= 15 is 0 Å². The van der Waals surface area contributed by atoms with Crippen molar-refractivity contribution in [3.63, 3.8) is 0 Å². The van der Waals surface area contributed by atoms with Gasteiger partial charge in [0.05, 0.1) is 17.6 Å². The highest BCUT2D eigenvalue weighted by atomic mass is 32.2. The molecular formula is C10H11F3N4O2S. The van der Waals surface area contributed by atoms with Gasteiger partial charge in [0, 0.05) is 0 Å². The molecule has 2 aromatic rings. The lowest BCUT2D eigenvalue weighted by atomic mass is 10.3. The van der Waals surface area contributed by atoms with Crippen molar-refractivity contribution < 1.29 is 21.6 Å². The predicted molar refractivity (Wildman–Crippen MR) is 65.9 cm³/mol. The zero-order valence-electron chi connectivity index (χ0n) is 10.0. The normalized spacial score (nSPS) is 12.9. The van der Waals surface area contributed by atoms with Gasteiger partial charge in [-0.2, -0.15) is 31.0 Å². The van der Waals surface area contributed by atoms with E-state index in [9.17, 15) is 21.6 Å². The number of para-hydroxylation sites is 2. The second kappa shape index (κ2) is 5.38. The molecule has 1 aromatic heterocycles. The number of hydrogen-bond donors (Lipinski definition) is 3. The van der Waals surface area contributed by atoms with E-state index in [2.05, 4.69) is 9.97 Å². The van der Waals surface area contributed by atoms with E-state index < -0.39 is 22.9 Å². The molecular weight excluding hydrogens is 297 g/mol. The number of benzene rings is 1. The smallest absolute Gasteiger partial charge is 0.341 e. The van der Waals surface area contributed by atoms with Crippen LogP contribution in [0.15, 0.2) is 24.3 Å². The lowest BCUT2D eigenvalue weighted by Crippen LogP contribution is -2.41.